The molecule has 2 heterocycles. The third-order valence-corrected chi connectivity index (χ3v) is 8.17. The van der Waals surface area contributed by atoms with Crippen LogP contribution in [0, 0.1) is 30.1 Å². The van der Waals surface area contributed by atoms with E-state index in [2.05, 4.69) is 33.8 Å². The van der Waals surface area contributed by atoms with Crippen molar-refractivity contribution in [3.05, 3.63) is 47.2 Å². The first-order chi connectivity index (χ1) is 18.4. The summed E-state index contributed by atoms with van der Waals surface area (Å²) in [6, 6.07) is 8.02. The molecule has 0 saturated carbocycles. The zero-order valence-electron chi connectivity index (χ0n) is 25.0. The van der Waals surface area contributed by atoms with Crippen molar-refractivity contribution >= 4 is 22.9 Å². The van der Waals surface area contributed by atoms with Gasteiger partial charge in [-0.15, -0.1) is 0 Å². The minimum Gasteiger partial charge on any atom is -0.461 e. The Bertz CT molecular complexity index is 1140. The van der Waals surface area contributed by atoms with Gasteiger partial charge in [-0.3, -0.25) is 4.79 Å². The summed E-state index contributed by atoms with van der Waals surface area (Å²) in [7, 11) is 0. The quantitative estimate of drug-likeness (QED) is 0.199. The number of esters is 2. The van der Waals surface area contributed by atoms with Crippen LogP contribution >= 0.6 is 0 Å². The summed E-state index contributed by atoms with van der Waals surface area (Å²) in [6.07, 6.45) is 6.76. The predicted octanol–water partition coefficient (Wildman–Crippen LogP) is 7.34. The molecule has 1 aromatic heterocycles. The minimum absolute atomic E-state index is 0.173. The fourth-order valence-corrected chi connectivity index (χ4v) is 5.87. The van der Waals surface area contributed by atoms with Crippen LogP contribution in [0.4, 0.5) is 0 Å². The number of rotatable bonds is 14. The highest BCUT2D eigenvalue weighted by atomic mass is 16.6. The fraction of sp³-hybridized carbons (Fsp3) is 0.636. The van der Waals surface area contributed by atoms with Crippen LogP contribution in [0.3, 0.4) is 0 Å². The molecule has 3 rings (SSSR count). The highest BCUT2D eigenvalue weighted by Gasteiger charge is 2.46. The van der Waals surface area contributed by atoms with Crippen molar-refractivity contribution in [2.45, 2.75) is 99.0 Å². The number of aliphatic hydroxyl groups excluding tert-OH is 1. The molecule has 2 aromatic rings. The van der Waals surface area contributed by atoms with Crippen LogP contribution in [0.25, 0.3) is 11.0 Å². The molecule has 1 aliphatic rings. The number of hydrogen-bond donors (Lipinski definition) is 1. The SMILES string of the molecule is CCC(CC)(Cc1cc2cc(C)ccc2o1)C(=O)OC[C@]1(CO)C/C(=C\CC(CC(C)C)CC(C)C)C(=O)O1. The van der Waals surface area contributed by atoms with Gasteiger partial charge < -0.3 is 19.0 Å². The number of aryl methyl sites for hydroxylation is 1. The molecule has 6 nitrogen and oxygen atoms in total. The van der Waals surface area contributed by atoms with Gasteiger partial charge in [0, 0.05) is 23.8 Å². The predicted molar refractivity (Wildman–Crippen MR) is 154 cm³/mol. The van der Waals surface area contributed by atoms with Gasteiger partial charge in [-0.1, -0.05) is 59.2 Å². The van der Waals surface area contributed by atoms with Crippen molar-refractivity contribution in [2.24, 2.45) is 23.2 Å². The summed E-state index contributed by atoms with van der Waals surface area (Å²) < 4.78 is 17.5. The Balaban J connectivity index is 1.70. The van der Waals surface area contributed by atoms with E-state index in [0.717, 1.165) is 41.6 Å². The summed E-state index contributed by atoms with van der Waals surface area (Å²) in [5, 5.41) is 11.2. The standard InChI is InChI=1S/C33H48O6/c1-8-32(9-2,19-28-17-27-16-24(7)10-13-29(27)38-28)31(36)37-21-33(20-34)18-26(30(35)39-33)12-11-25(14-22(3)4)15-23(5)6/h10,12-13,16-17,22-23,25,34H,8-9,11,14-15,18-21H2,1-7H3/b26-12+/t33-/m1/s1. The van der Waals surface area contributed by atoms with Crippen molar-refractivity contribution in [2.75, 3.05) is 13.2 Å². The van der Waals surface area contributed by atoms with Crippen LogP contribution in [0.15, 0.2) is 40.3 Å². The lowest BCUT2D eigenvalue weighted by Gasteiger charge is -2.31. The number of carbonyl (C=O) groups is 2. The number of cyclic esters (lactones) is 1. The summed E-state index contributed by atoms with van der Waals surface area (Å²) in [6.45, 7) is 14.3. The molecule has 0 aliphatic carbocycles. The average Bonchev–Trinajstić information content (AvgIpc) is 3.43. The van der Waals surface area contributed by atoms with Crippen LogP contribution < -0.4 is 0 Å². The summed E-state index contributed by atoms with van der Waals surface area (Å²) in [5.41, 5.74) is 0.490. The van der Waals surface area contributed by atoms with E-state index in [-0.39, 0.29) is 19.0 Å². The zero-order valence-corrected chi connectivity index (χ0v) is 25.0. The topological polar surface area (TPSA) is 86.0 Å². The number of benzene rings is 1. The third kappa shape index (κ3) is 7.75. The normalized spacial score (nSPS) is 19.2. The van der Waals surface area contributed by atoms with Gasteiger partial charge in [0.25, 0.3) is 0 Å². The molecule has 1 atom stereocenters. The van der Waals surface area contributed by atoms with Crippen LogP contribution in [0.5, 0.6) is 0 Å². The van der Waals surface area contributed by atoms with Gasteiger partial charge in [-0.2, -0.15) is 0 Å². The Kier molecular flexibility index (Phi) is 10.4. The van der Waals surface area contributed by atoms with Gasteiger partial charge in [-0.25, -0.2) is 4.79 Å². The van der Waals surface area contributed by atoms with E-state index in [9.17, 15) is 14.7 Å². The summed E-state index contributed by atoms with van der Waals surface area (Å²) in [5.74, 6) is 1.61. The van der Waals surface area contributed by atoms with Crippen LogP contribution in [-0.4, -0.2) is 35.9 Å². The Morgan fingerprint density at radius 2 is 1.79 bits per heavy atom. The summed E-state index contributed by atoms with van der Waals surface area (Å²) >= 11 is 0. The van der Waals surface area contributed by atoms with Crippen molar-refractivity contribution in [3.63, 3.8) is 0 Å². The molecule has 1 aliphatic heterocycles. The van der Waals surface area contributed by atoms with E-state index in [1.54, 1.807) is 0 Å². The maximum Gasteiger partial charge on any atom is 0.334 e. The number of aliphatic hydroxyl groups is 1. The largest absolute Gasteiger partial charge is 0.461 e. The molecule has 0 unspecified atom stereocenters. The molecule has 6 heteroatoms. The lowest BCUT2D eigenvalue weighted by atomic mass is 9.78. The Labute approximate surface area is 234 Å². The Morgan fingerprint density at radius 1 is 1.13 bits per heavy atom. The van der Waals surface area contributed by atoms with Gasteiger partial charge in [0.2, 0.25) is 0 Å². The van der Waals surface area contributed by atoms with Gasteiger partial charge in [0.05, 0.1) is 12.0 Å². The van der Waals surface area contributed by atoms with E-state index in [4.69, 9.17) is 13.9 Å². The van der Waals surface area contributed by atoms with Crippen molar-refractivity contribution in [3.8, 4) is 0 Å². The molecule has 0 amide bonds. The van der Waals surface area contributed by atoms with Crippen molar-refractivity contribution < 1.29 is 28.6 Å². The first-order valence-corrected chi connectivity index (χ1v) is 14.6. The lowest BCUT2D eigenvalue weighted by Crippen LogP contribution is -2.42. The smallest absolute Gasteiger partial charge is 0.334 e. The summed E-state index contributed by atoms with van der Waals surface area (Å²) in [4.78, 5) is 26.3. The Morgan fingerprint density at radius 3 is 2.38 bits per heavy atom. The first kappa shape index (κ1) is 30.9. The van der Waals surface area contributed by atoms with Gasteiger partial charge in [0.15, 0.2) is 5.60 Å². The third-order valence-electron chi connectivity index (χ3n) is 8.17. The number of fused-ring (bicyclic) bond motifs is 1. The monoisotopic (exact) mass is 540 g/mol. The molecule has 39 heavy (non-hydrogen) atoms. The zero-order chi connectivity index (χ0) is 28.8. The Hall–Kier alpha value is -2.60. The van der Waals surface area contributed by atoms with E-state index >= 15 is 0 Å². The van der Waals surface area contributed by atoms with E-state index < -0.39 is 23.6 Å². The molecule has 216 valence electrons. The van der Waals surface area contributed by atoms with Crippen LogP contribution in [0.1, 0.15) is 91.4 Å². The second kappa shape index (κ2) is 13.2. The number of carbonyl (C=O) groups excluding carboxylic acids is 2. The second-order valence-electron chi connectivity index (χ2n) is 12.5. The van der Waals surface area contributed by atoms with E-state index in [1.165, 1.54) is 0 Å². The molecule has 1 aromatic carbocycles. The first-order valence-electron chi connectivity index (χ1n) is 14.6. The van der Waals surface area contributed by atoms with Crippen molar-refractivity contribution in [1.29, 1.82) is 0 Å². The number of hydrogen-bond acceptors (Lipinski definition) is 6. The molecular formula is C33H48O6. The van der Waals surface area contributed by atoms with Crippen molar-refractivity contribution in [1.82, 2.24) is 0 Å². The average molecular weight is 541 g/mol. The highest BCUT2D eigenvalue weighted by molar-refractivity contribution is 5.91. The molecule has 0 radical (unpaired) electrons. The molecule has 0 spiro atoms. The van der Waals surface area contributed by atoms with Gasteiger partial charge >= 0.3 is 11.9 Å². The molecule has 1 saturated heterocycles. The number of ether oxygens (including phenoxy) is 2. The molecule has 1 N–H and O–H groups in total. The maximum absolute atomic E-state index is 13.5. The highest BCUT2D eigenvalue weighted by Crippen LogP contribution is 2.37. The van der Waals surface area contributed by atoms with Crippen LogP contribution in [0.2, 0.25) is 0 Å². The van der Waals surface area contributed by atoms with Gasteiger partial charge in [-0.05, 0) is 75.0 Å². The maximum atomic E-state index is 13.5. The molecular weight excluding hydrogens is 492 g/mol. The lowest BCUT2D eigenvalue weighted by molar-refractivity contribution is -0.173. The second-order valence-corrected chi connectivity index (χ2v) is 12.5. The van der Waals surface area contributed by atoms with Gasteiger partial charge in [0.1, 0.15) is 18.0 Å². The van der Waals surface area contributed by atoms with E-state index in [1.807, 2.05) is 45.0 Å². The molecule has 0 bridgehead atoms. The fourth-order valence-electron chi connectivity index (χ4n) is 5.87. The van der Waals surface area contributed by atoms with Crippen LogP contribution in [-0.2, 0) is 25.5 Å². The minimum atomic E-state index is -1.24. The number of allylic oxidation sites excluding steroid dienone is 1. The molecule has 1 fully saturated rings. The number of furan rings is 1. The van der Waals surface area contributed by atoms with E-state index in [0.29, 0.717) is 42.6 Å².